The number of rotatable bonds is 5. The zero-order valence-corrected chi connectivity index (χ0v) is 14.9. The van der Waals surface area contributed by atoms with E-state index >= 15 is 0 Å². The van der Waals surface area contributed by atoms with E-state index in [0.29, 0.717) is 24.4 Å². The van der Waals surface area contributed by atoms with Crippen molar-refractivity contribution in [3.63, 3.8) is 0 Å². The van der Waals surface area contributed by atoms with Crippen LogP contribution in [0.5, 0.6) is 0 Å². The van der Waals surface area contributed by atoms with Gasteiger partial charge < -0.3 is 10.0 Å². The molecule has 2 heterocycles. The first-order valence-corrected chi connectivity index (χ1v) is 9.07. The summed E-state index contributed by atoms with van der Waals surface area (Å²) < 4.78 is 29.0. The van der Waals surface area contributed by atoms with Gasteiger partial charge in [-0.15, -0.1) is 0 Å². The molecule has 0 saturated carbocycles. The molecule has 0 aliphatic carbocycles. The number of carbonyl (C=O) groups excluding carboxylic acids is 1. The van der Waals surface area contributed by atoms with Crippen molar-refractivity contribution < 1.29 is 23.1 Å². The zero-order valence-electron chi connectivity index (χ0n) is 14.1. The van der Waals surface area contributed by atoms with Gasteiger partial charge in [-0.1, -0.05) is 0 Å². The Kier molecular flexibility index (Phi) is 5.00. The molecule has 2 unspecified atom stereocenters. The Hall–Kier alpha value is -1.94. The molecular weight excluding hydrogens is 336 g/mol. The quantitative estimate of drug-likeness (QED) is 0.741. The SMILES string of the molecule is Cc1nn(C)c(C)c1S(=O)(=O)NC(C)C(=O)N1CCC(C(=O)O)C1. The Labute approximate surface area is 140 Å². The standard InChI is InChI=1S/C14H22N4O5S/c1-8-12(10(3)17(4)15-8)24(22,23)16-9(2)13(19)18-6-5-11(7-18)14(20)21/h9,11,16H,5-7H2,1-4H3,(H,20,21). The summed E-state index contributed by atoms with van der Waals surface area (Å²) in [4.78, 5) is 24.8. The van der Waals surface area contributed by atoms with Gasteiger partial charge in [-0.05, 0) is 27.2 Å². The molecule has 1 aliphatic rings. The number of carboxylic acid groups (broad SMARTS) is 1. The molecule has 2 atom stereocenters. The number of hydrogen-bond acceptors (Lipinski definition) is 5. The van der Waals surface area contributed by atoms with Crippen molar-refractivity contribution >= 4 is 21.9 Å². The number of carbonyl (C=O) groups is 2. The normalized spacial score (nSPS) is 19.5. The maximum Gasteiger partial charge on any atom is 0.308 e. The number of amides is 1. The number of sulfonamides is 1. The number of hydrogen-bond donors (Lipinski definition) is 2. The van der Waals surface area contributed by atoms with E-state index in [1.54, 1.807) is 20.9 Å². The fraction of sp³-hybridized carbons (Fsp3) is 0.643. The van der Waals surface area contributed by atoms with Crippen LogP contribution in [-0.2, 0) is 26.7 Å². The summed E-state index contributed by atoms with van der Waals surface area (Å²) in [5.74, 6) is -1.97. The van der Waals surface area contributed by atoms with E-state index in [0.717, 1.165) is 0 Å². The molecule has 1 amide bonds. The van der Waals surface area contributed by atoms with Crippen molar-refractivity contribution in [2.24, 2.45) is 13.0 Å². The number of aromatic nitrogens is 2. The summed E-state index contributed by atoms with van der Waals surface area (Å²) in [7, 11) is -2.26. The van der Waals surface area contributed by atoms with Gasteiger partial charge in [0.1, 0.15) is 4.90 Å². The Morgan fingerprint density at radius 2 is 2.00 bits per heavy atom. The fourth-order valence-electron chi connectivity index (χ4n) is 2.92. The van der Waals surface area contributed by atoms with Crippen molar-refractivity contribution in [3.05, 3.63) is 11.4 Å². The molecule has 1 aliphatic heterocycles. The Morgan fingerprint density at radius 3 is 2.46 bits per heavy atom. The Morgan fingerprint density at radius 1 is 1.38 bits per heavy atom. The molecule has 9 nitrogen and oxygen atoms in total. The van der Waals surface area contributed by atoms with Gasteiger partial charge in [0.05, 0.1) is 23.3 Å². The lowest BCUT2D eigenvalue weighted by Gasteiger charge is -2.21. The second kappa shape index (κ2) is 6.52. The van der Waals surface area contributed by atoms with E-state index in [9.17, 15) is 18.0 Å². The first kappa shape index (κ1) is 18.4. The van der Waals surface area contributed by atoms with E-state index in [-0.39, 0.29) is 11.4 Å². The van der Waals surface area contributed by atoms with Crippen molar-refractivity contribution in [2.75, 3.05) is 13.1 Å². The van der Waals surface area contributed by atoms with Crippen molar-refractivity contribution in [2.45, 2.75) is 38.1 Å². The summed E-state index contributed by atoms with van der Waals surface area (Å²) in [5, 5.41) is 13.1. The maximum atomic E-state index is 12.6. The molecule has 134 valence electrons. The second-order valence-electron chi connectivity index (χ2n) is 6.07. The van der Waals surface area contributed by atoms with E-state index in [1.165, 1.54) is 16.5 Å². The second-order valence-corrected chi connectivity index (χ2v) is 7.73. The molecule has 24 heavy (non-hydrogen) atoms. The molecule has 1 saturated heterocycles. The van der Waals surface area contributed by atoms with Gasteiger partial charge in [0, 0.05) is 20.1 Å². The third-order valence-electron chi connectivity index (χ3n) is 4.26. The highest BCUT2D eigenvalue weighted by atomic mass is 32.2. The molecule has 1 aromatic heterocycles. The van der Waals surface area contributed by atoms with Crippen LogP contribution in [-0.4, -0.2) is 59.2 Å². The minimum absolute atomic E-state index is 0.0643. The van der Waals surface area contributed by atoms with Crippen LogP contribution in [0.2, 0.25) is 0 Å². The van der Waals surface area contributed by atoms with Gasteiger partial charge in [0.25, 0.3) is 0 Å². The predicted molar refractivity (Wildman–Crippen MR) is 84.8 cm³/mol. The van der Waals surface area contributed by atoms with Crippen LogP contribution in [0, 0.1) is 19.8 Å². The van der Waals surface area contributed by atoms with Crippen LogP contribution in [0.25, 0.3) is 0 Å². The van der Waals surface area contributed by atoms with E-state index < -0.39 is 33.9 Å². The molecule has 2 N–H and O–H groups in total. The van der Waals surface area contributed by atoms with Crippen LogP contribution < -0.4 is 4.72 Å². The van der Waals surface area contributed by atoms with Crippen LogP contribution in [0.1, 0.15) is 24.7 Å². The lowest BCUT2D eigenvalue weighted by molar-refractivity contribution is -0.141. The van der Waals surface area contributed by atoms with Crippen LogP contribution >= 0.6 is 0 Å². The number of carboxylic acids is 1. The highest BCUT2D eigenvalue weighted by Crippen LogP contribution is 2.20. The van der Waals surface area contributed by atoms with Gasteiger partial charge >= 0.3 is 5.97 Å². The summed E-state index contributed by atoms with van der Waals surface area (Å²) in [5.41, 5.74) is 0.834. The Bertz CT molecular complexity index is 770. The van der Waals surface area contributed by atoms with Crippen LogP contribution in [0.4, 0.5) is 0 Å². The molecule has 1 fully saturated rings. The molecule has 1 aromatic rings. The average Bonchev–Trinajstić information content (AvgIpc) is 3.03. The van der Waals surface area contributed by atoms with Crippen molar-refractivity contribution in [1.29, 1.82) is 0 Å². The average molecular weight is 358 g/mol. The summed E-state index contributed by atoms with van der Waals surface area (Å²) in [6.45, 7) is 5.10. The fourth-order valence-corrected chi connectivity index (χ4v) is 4.56. The monoisotopic (exact) mass is 358 g/mol. The number of likely N-dealkylation sites (tertiary alicyclic amines) is 1. The molecule has 10 heteroatoms. The maximum absolute atomic E-state index is 12.6. The van der Waals surface area contributed by atoms with E-state index in [2.05, 4.69) is 9.82 Å². The lowest BCUT2D eigenvalue weighted by atomic mass is 10.1. The first-order chi connectivity index (χ1) is 11.0. The summed E-state index contributed by atoms with van der Waals surface area (Å²) in [6, 6.07) is -0.985. The molecule has 0 spiro atoms. The number of nitrogens with zero attached hydrogens (tertiary/aromatic N) is 3. The van der Waals surface area contributed by atoms with E-state index in [1.807, 2.05) is 0 Å². The smallest absolute Gasteiger partial charge is 0.308 e. The van der Waals surface area contributed by atoms with Gasteiger partial charge in [-0.2, -0.15) is 9.82 Å². The molecule has 0 bridgehead atoms. The molecule has 0 radical (unpaired) electrons. The Balaban J connectivity index is 2.12. The number of aryl methyl sites for hydroxylation is 2. The van der Waals surface area contributed by atoms with Crippen LogP contribution in [0.3, 0.4) is 0 Å². The van der Waals surface area contributed by atoms with Crippen molar-refractivity contribution in [3.8, 4) is 0 Å². The van der Waals surface area contributed by atoms with Gasteiger partial charge in [-0.25, -0.2) is 8.42 Å². The topological polar surface area (TPSA) is 122 Å². The minimum Gasteiger partial charge on any atom is -0.481 e. The van der Waals surface area contributed by atoms with Gasteiger partial charge in [0.15, 0.2) is 0 Å². The lowest BCUT2D eigenvalue weighted by Crippen LogP contribution is -2.46. The number of aliphatic carboxylic acids is 1. The highest BCUT2D eigenvalue weighted by Gasteiger charge is 2.35. The first-order valence-electron chi connectivity index (χ1n) is 7.58. The highest BCUT2D eigenvalue weighted by molar-refractivity contribution is 7.89. The van der Waals surface area contributed by atoms with Crippen molar-refractivity contribution in [1.82, 2.24) is 19.4 Å². The predicted octanol–water partition coefficient (Wildman–Crippen LogP) is -0.363. The molecule has 0 aromatic carbocycles. The molecule has 2 rings (SSSR count). The third-order valence-corrected chi connectivity index (χ3v) is 6.06. The van der Waals surface area contributed by atoms with Gasteiger partial charge in [0.2, 0.25) is 15.9 Å². The van der Waals surface area contributed by atoms with Gasteiger partial charge in [-0.3, -0.25) is 14.3 Å². The number of nitrogens with one attached hydrogen (secondary N) is 1. The molecular formula is C14H22N4O5S. The summed E-state index contributed by atoms with van der Waals surface area (Å²) >= 11 is 0. The third kappa shape index (κ3) is 3.44. The largest absolute Gasteiger partial charge is 0.481 e. The zero-order chi connectivity index (χ0) is 18.2. The minimum atomic E-state index is -3.90. The van der Waals surface area contributed by atoms with E-state index in [4.69, 9.17) is 5.11 Å². The van der Waals surface area contributed by atoms with Crippen LogP contribution in [0.15, 0.2) is 4.90 Å². The summed E-state index contributed by atoms with van der Waals surface area (Å²) in [6.07, 6.45) is 0.376.